The van der Waals surface area contributed by atoms with E-state index in [2.05, 4.69) is 55.4 Å². The van der Waals surface area contributed by atoms with E-state index in [-0.39, 0.29) is 51.9 Å². The van der Waals surface area contributed by atoms with Gasteiger partial charge in [-0.3, -0.25) is 9.59 Å². The molecule has 0 spiro atoms. The number of hydrogen-bond donors (Lipinski definition) is 2. The van der Waals surface area contributed by atoms with Gasteiger partial charge in [0.15, 0.2) is 5.78 Å². The van der Waals surface area contributed by atoms with Crippen molar-refractivity contribution in [3.8, 4) is 0 Å². The van der Waals surface area contributed by atoms with Crippen molar-refractivity contribution in [3.63, 3.8) is 0 Å². The first-order valence-corrected chi connectivity index (χ1v) is 14.9. The number of esters is 1. The first-order valence-electron chi connectivity index (χ1n) is 14.9. The Labute approximate surface area is 224 Å². The topological polar surface area (TPSA) is 83.8 Å². The van der Waals surface area contributed by atoms with E-state index < -0.39 is 27.9 Å². The minimum Gasteiger partial charge on any atom is -0.462 e. The number of Topliss-reactive ketones (excluding diaryl/α,β-unsaturated/α-hetero) is 1. The van der Waals surface area contributed by atoms with Crippen LogP contribution in [0.4, 0.5) is 0 Å². The zero-order chi connectivity index (χ0) is 27.6. The monoisotopic (exact) mass is 516 g/mol. The maximum atomic E-state index is 14.6. The summed E-state index contributed by atoms with van der Waals surface area (Å²) in [5.74, 6) is -0.451. The minimum absolute atomic E-state index is 0.0738. The third-order valence-corrected chi connectivity index (χ3v) is 13.8. The van der Waals surface area contributed by atoms with Crippen LogP contribution in [0.1, 0.15) is 120 Å². The lowest BCUT2D eigenvalue weighted by atomic mass is 9.29. The van der Waals surface area contributed by atoms with Crippen LogP contribution in [0.3, 0.4) is 0 Å². The Morgan fingerprint density at radius 1 is 0.865 bits per heavy atom. The summed E-state index contributed by atoms with van der Waals surface area (Å²) in [6.45, 7) is 19.2. The van der Waals surface area contributed by atoms with Crippen molar-refractivity contribution in [2.24, 2.45) is 50.2 Å². The number of aliphatic hydroxyl groups is 2. The molecular weight excluding hydrogens is 464 g/mol. The van der Waals surface area contributed by atoms with Gasteiger partial charge in [-0.25, -0.2) is 0 Å². The van der Waals surface area contributed by atoms with Gasteiger partial charge in [-0.1, -0.05) is 55.4 Å². The van der Waals surface area contributed by atoms with Gasteiger partial charge in [0.1, 0.15) is 12.2 Å². The summed E-state index contributed by atoms with van der Waals surface area (Å²) in [7, 11) is 0. The maximum Gasteiger partial charge on any atom is 0.302 e. The number of carbonyl (C=O) groups excluding carboxylic acids is 2. The predicted molar refractivity (Wildman–Crippen MR) is 144 cm³/mol. The van der Waals surface area contributed by atoms with Crippen molar-refractivity contribution >= 4 is 11.8 Å². The van der Waals surface area contributed by atoms with Gasteiger partial charge in [-0.2, -0.15) is 0 Å². The van der Waals surface area contributed by atoms with E-state index in [1.165, 1.54) is 13.3 Å². The number of fused-ring (bicyclic) bond motifs is 7. The van der Waals surface area contributed by atoms with Gasteiger partial charge >= 0.3 is 5.97 Å². The van der Waals surface area contributed by atoms with Crippen molar-refractivity contribution in [3.05, 3.63) is 0 Å². The lowest BCUT2D eigenvalue weighted by Gasteiger charge is -2.75. The van der Waals surface area contributed by atoms with Gasteiger partial charge in [0, 0.05) is 29.1 Å². The van der Waals surface area contributed by atoms with E-state index in [1.54, 1.807) is 0 Å². The zero-order valence-corrected chi connectivity index (χ0v) is 24.9. The normalized spacial score (nSPS) is 54.2. The van der Waals surface area contributed by atoms with Crippen molar-refractivity contribution in [1.82, 2.24) is 0 Å². The van der Waals surface area contributed by atoms with Crippen LogP contribution in [0.2, 0.25) is 0 Å². The molecule has 0 amide bonds. The van der Waals surface area contributed by atoms with Crippen LogP contribution in [-0.4, -0.2) is 39.8 Å². The van der Waals surface area contributed by atoms with Gasteiger partial charge in [0.05, 0.1) is 5.60 Å². The molecule has 0 aromatic rings. The van der Waals surface area contributed by atoms with Gasteiger partial charge < -0.3 is 14.9 Å². The number of carbonyl (C=O) groups is 2. The zero-order valence-electron chi connectivity index (χ0n) is 24.9. The number of ketones is 1. The molecule has 10 atom stereocenters. The fraction of sp³-hybridized carbons (Fsp3) is 0.938. The van der Waals surface area contributed by atoms with Gasteiger partial charge in [0.2, 0.25) is 0 Å². The Bertz CT molecular complexity index is 1000. The number of ether oxygens (including phenoxy) is 1. The van der Waals surface area contributed by atoms with Crippen LogP contribution in [0, 0.1) is 50.2 Å². The predicted octanol–water partition coefficient (Wildman–Crippen LogP) is 6.08. The van der Waals surface area contributed by atoms with Crippen LogP contribution in [0.15, 0.2) is 0 Å². The Balaban J connectivity index is 1.61. The van der Waals surface area contributed by atoms with E-state index in [0.29, 0.717) is 0 Å². The third kappa shape index (κ3) is 3.28. The highest BCUT2D eigenvalue weighted by Gasteiger charge is 2.78. The molecule has 2 N–H and O–H groups in total. The lowest BCUT2D eigenvalue weighted by Crippen LogP contribution is -2.78. The molecule has 0 radical (unpaired) electrons. The van der Waals surface area contributed by atoms with Crippen LogP contribution in [-0.2, 0) is 14.3 Å². The molecule has 5 aliphatic carbocycles. The standard InChI is InChI=1S/C32H52O5/c1-19(33)37-22-11-12-29(7)20-10-13-32(36)21-18-26(2,3)14-15-28(21,6)16-17-30(32,8)31(20,9)25(35)23(34)24(29)27(22,4)5/h20-24,34,36H,10-18H2,1-9H3/t20-,21-,22+,23-,24+,28-,29-,30+,31+,32+/m1/s1. The van der Waals surface area contributed by atoms with E-state index >= 15 is 0 Å². The molecule has 5 saturated carbocycles. The highest BCUT2D eigenvalue weighted by atomic mass is 16.5. The summed E-state index contributed by atoms with van der Waals surface area (Å²) in [6, 6.07) is 0. The smallest absolute Gasteiger partial charge is 0.302 e. The molecule has 0 aromatic heterocycles. The molecule has 5 rings (SSSR count). The molecule has 5 aliphatic rings. The van der Waals surface area contributed by atoms with E-state index in [9.17, 15) is 19.8 Å². The molecule has 0 saturated heterocycles. The first-order chi connectivity index (χ1) is 16.8. The highest BCUT2D eigenvalue weighted by Crippen LogP contribution is 2.77. The minimum atomic E-state index is -1.13. The molecule has 5 fully saturated rings. The molecular formula is C32H52O5. The van der Waals surface area contributed by atoms with Crippen LogP contribution in [0.25, 0.3) is 0 Å². The summed E-state index contributed by atoms with van der Waals surface area (Å²) in [5.41, 5.74) is -2.85. The number of hydrogen-bond acceptors (Lipinski definition) is 5. The molecule has 0 unspecified atom stereocenters. The van der Waals surface area contributed by atoms with Crippen LogP contribution in [0.5, 0.6) is 0 Å². The molecule has 0 bridgehead atoms. The van der Waals surface area contributed by atoms with Crippen molar-refractivity contribution in [2.45, 2.75) is 138 Å². The fourth-order valence-corrected chi connectivity index (χ4v) is 11.6. The largest absolute Gasteiger partial charge is 0.462 e. The van der Waals surface area contributed by atoms with Gasteiger partial charge in [0.25, 0.3) is 0 Å². The lowest BCUT2D eigenvalue weighted by molar-refractivity contribution is -0.308. The summed E-state index contributed by atoms with van der Waals surface area (Å²) in [4.78, 5) is 26.5. The summed E-state index contributed by atoms with van der Waals surface area (Å²) >= 11 is 0. The third-order valence-electron chi connectivity index (χ3n) is 13.8. The Morgan fingerprint density at radius 2 is 1.49 bits per heavy atom. The second-order valence-corrected chi connectivity index (χ2v) is 16.4. The number of rotatable bonds is 1. The number of aliphatic hydroxyl groups excluding tert-OH is 1. The fourth-order valence-electron chi connectivity index (χ4n) is 11.6. The SMILES string of the molecule is CC(=O)O[C@H]1CC[C@]2(C)[C@H]3CC[C@]4(O)[C@@H]5CC(C)(C)CC[C@]5(C)CC[C@@]4(C)[C@]3(C)C(=O)[C@H](O)[C@H]2C1(C)C. The van der Waals surface area contributed by atoms with E-state index in [1.807, 2.05) is 0 Å². The van der Waals surface area contributed by atoms with Crippen molar-refractivity contribution < 1.29 is 24.5 Å². The second-order valence-electron chi connectivity index (χ2n) is 16.4. The molecule has 5 nitrogen and oxygen atoms in total. The van der Waals surface area contributed by atoms with Crippen LogP contribution >= 0.6 is 0 Å². The maximum absolute atomic E-state index is 14.6. The first kappa shape index (κ1) is 27.6. The Morgan fingerprint density at radius 3 is 2.11 bits per heavy atom. The van der Waals surface area contributed by atoms with E-state index in [0.717, 1.165) is 51.4 Å². The Kier molecular flexibility index (Phi) is 5.85. The Hall–Kier alpha value is -0.940. The van der Waals surface area contributed by atoms with Crippen molar-refractivity contribution in [1.29, 1.82) is 0 Å². The molecule has 5 heteroatoms. The second kappa shape index (κ2) is 7.83. The van der Waals surface area contributed by atoms with Gasteiger partial charge in [-0.15, -0.1) is 0 Å². The summed E-state index contributed by atoms with van der Waals surface area (Å²) in [5, 5.41) is 24.8. The molecule has 0 aliphatic heterocycles. The average molecular weight is 517 g/mol. The van der Waals surface area contributed by atoms with E-state index in [4.69, 9.17) is 4.74 Å². The molecule has 37 heavy (non-hydrogen) atoms. The average Bonchev–Trinajstić information content (AvgIpc) is 2.77. The van der Waals surface area contributed by atoms with Crippen molar-refractivity contribution in [2.75, 3.05) is 0 Å². The molecule has 0 heterocycles. The molecule has 210 valence electrons. The summed E-state index contributed by atoms with van der Waals surface area (Å²) < 4.78 is 5.76. The van der Waals surface area contributed by atoms with Gasteiger partial charge in [-0.05, 0) is 85.9 Å². The van der Waals surface area contributed by atoms with Crippen LogP contribution < -0.4 is 0 Å². The highest BCUT2D eigenvalue weighted by molar-refractivity contribution is 5.91. The molecule has 0 aromatic carbocycles. The quantitative estimate of drug-likeness (QED) is 0.412. The summed E-state index contributed by atoms with van der Waals surface area (Å²) in [6.07, 6.45) is 6.78.